The van der Waals surface area contributed by atoms with Gasteiger partial charge < -0.3 is 25.0 Å². The second kappa shape index (κ2) is 14.2. The van der Waals surface area contributed by atoms with Crippen molar-refractivity contribution in [2.45, 2.75) is 38.4 Å². The fraction of sp³-hybridized carbons (Fsp3) is 0.303. The number of hydrogen-bond donors (Lipinski definition) is 2. The molecule has 5 rings (SSSR count). The molecule has 218 valence electrons. The number of benzene rings is 3. The van der Waals surface area contributed by atoms with Crippen LogP contribution in [0.15, 0.2) is 84.2 Å². The molecule has 9 heteroatoms. The minimum atomic E-state index is -0.228. The van der Waals surface area contributed by atoms with Crippen LogP contribution in [0, 0.1) is 6.92 Å². The summed E-state index contributed by atoms with van der Waals surface area (Å²) in [5.41, 5.74) is 4.11. The van der Waals surface area contributed by atoms with Crippen molar-refractivity contribution >= 4 is 23.2 Å². The summed E-state index contributed by atoms with van der Waals surface area (Å²) < 4.78 is 11.0. The van der Waals surface area contributed by atoms with E-state index in [2.05, 4.69) is 33.8 Å². The number of thiazole rings is 1. The zero-order valence-corrected chi connectivity index (χ0v) is 24.7. The first-order valence-corrected chi connectivity index (χ1v) is 15.0. The van der Waals surface area contributed by atoms with Gasteiger partial charge in [0.1, 0.15) is 23.5 Å². The van der Waals surface area contributed by atoms with E-state index in [0.717, 1.165) is 40.5 Å². The number of nitrogens with one attached hydrogen (secondary N) is 2. The molecule has 0 unspecified atom stereocenters. The van der Waals surface area contributed by atoms with Gasteiger partial charge in [0.05, 0.1) is 13.7 Å². The lowest BCUT2D eigenvalue weighted by Crippen LogP contribution is -2.38. The molecule has 0 radical (unpaired) electrons. The zero-order valence-electron chi connectivity index (χ0n) is 23.9. The lowest BCUT2D eigenvalue weighted by atomic mass is 10.0. The summed E-state index contributed by atoms with van der Waals surface area (Å²) in [6.07, 6.45) is 1.44. The van der Waals surface area contributed by atoms with Gasteiger partial charge in [0.2, 0.25) is 0 Å². The molecular weight excluding hydrogens is 548 g/mol. The molecule has 0 aliphatic carbocycles. The highest BCUT2D eigenvalue weighted by molar-refractivity contribution is 7.09. The first-order valence-electron chi connectivity index (χ1n) is 14.1. The third kappa shape index (κ3) is 7.61. The van der Waals surface area contributed by atoms with E-state index in [1.807, 2.05) is 48.7 Å². The topological polar surface area (TPSA) is 92.8 Å². The standard InChI is InChI=1S/C33H36N4O4S/c1-23-21-42-32(35-23)30-20-41-22-37(30)33(39)27-12-7-11-26(18-27)31(38)36-28(16-24-8-4-3-5-9-24)14-15-34-19-25-10-6-13-29(17-25)40-2/h3-13,17-18,21,28,30,34H,14-16,19-20,22H2,1-2H3,(H,36,38)/t28-,30-/m1/s1. The number of carbonyl (C=O) groups excluding carboxylic acids is 2. The van der Waals surface area contributed by atoms with Gasteiger partial charge in [-0.05, 0) is 67.8 Å². The molecule has 2 atom stereocenters. The average Bonchev–Trinajstić information content (AvgIpc) is 3.68. The summed E-state index contributed by atoms with van der Waals surface area (Å²) in [5.74, 6) is 0.445. The summed E-state index contributed by atoms with van der Waals surface area (Å²) >= 11 is 1.53. The van der Waals surface area contributed by atoms with E-state index in [0.29, 0.717) is 30.7 Å². The first-order chi connectivity index (χ1) is 20.5. The van der Waals surface area contributed by atoms with Crippen LogP contribution in [0.4, 0.5) is 0 Å². The Bertz CT molecular complexity index is 1490. The molecule has 3 aromatic carbocycles. The maximum absolute atomic E-state index is 13.5. The molecule has 1 aliphatic rings. The minimum absolute atomic E-state index is 0.0958. The third-order valence-corrected chi connectivity index (χ3v) is 8.29. The van der Waals surface area contributed by atoms with E-state index in [1.54, 1.807) is 36.3 Å². The smallest absolute Gasteiger partial charge is 0.256 e. The van der Waals surface area contributed by atoms with Crippen LogP contribution in [0.25, 0.3) is 0 Å². The van der Waals surface area contributed by atoms with E-state index >= 15 is 0 Å². The van der Waals surface area contributed by atoms with Crippen LogP contribution in [0.2, 0.25) is 0 Å². The van der Waals surface area contributed by atoms with Crippen molar-refractivity contribution in [2.75, 3.05) is 27.0 Å². The highest BCUT2D eigenvalue weighted by atomic mass is 32.1. The Morgan fingerprint density at radius 1 is 1.05 bits per heavy atom. The number of aryl methyl sites for hydroxylation is 1. The Morgan fingerprint density at radius 3 is 2.62 bits per heavy atom. The quantitative estimate of drug-likeness (QED) is 0.224. The number of nitrogens with zero attached hydrogens (tertiary/aromatic N) is 2. The fourth-order valence-electron chi connectivity index (χ4n) is 5.02. The molecular formula is C33H36N4O4S. The number of amides is 2. The van der Waals surface area contributed by atoms with Crippen molar-refractivity contribution in [3.8, 4) is 5.75 Å². The molecule has 0 bridgehead atoms. The summed E-state index contributed by atoms with van der Waals surface area (Å²) in [7, 11) is 1.66. The van der Waals surface area contributed by atoms with Crippen LogP contribution in [0.5, 0.6) is 5.75 Å². The monoisotopic (exact) mass is 584 g/mol. The van der Waals surface area contributed by atoms with Crippen LogP contribution in [-0.2, 0) is 17.7 Å². The first kappa shape index (κ1) is 29.4. The Morgan fingerprint density at radius 2 is 1.83 bits per heavy atom. The Hall–Kier alpha value is -4.05. The Kier molecular flexibility index (Phi) is 9.97. The van der Waals surface area contributed by atoms with Crippen LogP contribution in [-0.4, -0.2) is 54.7 Å². The van der Waals surface area contributed by atoms with Gasteiger partial charge in [-0.15, -0.1) is 11.3 Å². The van der Waals surface area contributed by atoms with Crippen molar-refractivity contribution in [3.63, 3.8) is 0 Å². The molecule has 42 heavy (non-hydrogen) atoms. The maximum Gasteiger partial charge on any atom is 0.256 e. The van der Waals surface area contributed by atoms with Gasteiger partial charge in [-0.1, -0.05) is 48.5 Å². The highest BCUT2D eigenvalue weighted by Crippen LogP contribution is 2.30. The lowest BCUT2D eigenvalue weighted by molar-refractivity contribution is 0.0659. The van der Waals surface area contributed by atoms with Gasteiger partial charge in [-0.3, -0.25) is 9.59 Å². The average molecular weight is 585 g/mol. The van der Waals surface area contributed by atoms with Crippen molar-refractivity contribution in [2.24, 2.45) is 0 Å². The molecule has 0 spiro atoms. The molecule has 1 aliphatic heterocycles. The zero-order chi connectivity index (χ0) is 29.3. The van der Waals surface area contributed by atoms with Gasteiger partial charge in [-0.25, -0.2) is 4.98 Å². The number of methoxy groups -OCH3 is 1. The molecule has 4 aromatic rings. The van der Waals surface area contributed by atoms with Crippen LogP contribution in [0.1, 0.15) is 55.0 Å². The minimum Gasteiger partial charge on any atom is -0.497 e. The van der Waals surface area contributed by atoms with E-state index in [4.69, 9.17) is 9.47 Å². The second-order valence-electron chi connectivity index (χ2n) is 10.4. The van der Waals surface area contributed by atoms with E-state index in [-0.39, 0.29) is 30.6 Å². The highest BCUT2D eigenvalue weighted by Gasteiger charge is 2.33. The summed E-state index contributed by atoms with van der Waals surface area (Å²) in [5, 5.41) is 9.53. The summed E-state index contributed by atoms with van der Waals surface area (Å²) in [6.45, 7) is 3.97. The third-order valence-electron chi connectivity index (χ3n) is 7.23. The van der Waals surface area contributed by atoms with E-state index in [9.17, 15) is 9.59 Å². The number of rotatable bonds is 12. The second-order valence-corrected chi connectivity index (χ2v) is 11.3. The Labute approximate surface area is 250 Å². The summed E-state index contributed by atoms with van der Waals surface area (Å²) in [4.78, 5) is 33.2. The molecule has 1 saturated heterocycles. The molecule has 2 amide bonds. The van der Waals surface area contributed by atoms with Crippen LogP contribution in [0.3, 0.4) is 0 Å². The number of hydrogen-bond acceptors (Lipinski definition) is 7. The molecule has 1 fully saturated rings. The van der Waals surface area contributed by atoms with Gasteiger partial charge in [0.25, 0.3) is 11.8 Å². The molecule has 8 nitrogen and oxygen atoms in total. The number of aromatic nitrogens is 1. The largest absolute Gasteiger partial charge is 0.497 e. The van der Waals surface area contributed by atoms with Gasteiger partial charge in [-0.2, -0.15) is 0 Å². The Balaban J connectivity index is 1.24. The predicted molar refractivity (Wildman–Crippen MR) is 164 cm³/mol. The molecule has 2 N–H and O–H groups in total. The SMILES string of the molecule is COc1cccc(CNCC[C@H](Cc2ccccc2)NC(=O)c2cccc(C(=O)N3COC[C@@H]3c3nc(C)cs3)c2)c1. The van der Waals surface area contributed by atoms with Gasteiger partial charge >= 0.3 is 0 Å². The lowest BCUT2D eigenvalue weighted by Gasteiger charge is -2.22. The van der Waals surface area contributed by atoms with Crippen molar-refractivity contribution in [1.29, 1.82) is 0 Å². The number of ether oxygens (including phenoxy) is 2. The maximum atomic E-state index is 13.5. The fourth-order valence-corrected chi connectivity index (χ4v) is 5.91. The normalized spacial score (nSPS) is 15.4. The number of carbonyl (C=O) groups is 2. The van der Waals surface area contributed by atoms with Crippen molar-refractivity contribution < 1.29 is 19.1 Å². The summed E-state index contributed by atoms with van der Waals surface area (Å²) in [6, 6.07) is 24.7. The molecule has 1 aromatic heterocycles. The molecule has 2 heterocycles. The van der Waals surface area contributed by atoms with Crippen molar-refractivity contribution in [1.82, 2.24) is 20.5 Å². The predicted octanol–water partition coefficient (Wildman–Crippen LogP) is 5.15. The van der Waals surface area contributed by atoms with E-state index < -0.39 is 0 Å². The van der Waals surface area contributed by atoms with Crippen LogP contribution < -0.4 is 15.4 Å². The van der Waals surface area contributed by atoms with Gasteiger partial charge in [0, 0.05) is 34.8 Å². The molecule has 0 saturated carbocycles. The van der Waals surface area contributed by atoms with Crippen LogP contribution >= 0.6 is 11.3 Å². The van der Waals surface area contributed by atoms with Crippen molar-refractivity contribution in [3.05, 3.63) is 117 Å². The van der Waals surface area contributed by atoms with E-state index in [1.165, 1.54) is 11.3 Å². The van der Waals surface area contributed by atoms with Gasteiger partial charge in [0.15, 0.2) is 0 Å².